The van der Waals surface area contributed by atoms with Gasteiger partial charge in [0.15, 0.2) is 0 Å². The van der Waals surface area contributed by atoms with E-state index in [1.165, 1.54) is 6.42 Å². The van der Waals surface area contributed by atoms with Crippen molar-refractivity contribution in [3.63, 3.8) is 0 Å². The largest absolute Gasteiger partial charge is 0.388 e. The Morgan fingerprint density at radius 2 is 2.19 bits per heavy atom. The van der Waals surface area contributed by atoms with Crippen molar-refractivity contribution in [3.8, 4) is 0 Å². The first-order valence-electron chi connectivity index (χ1n) is 7.81. The first kappa shape index (κ1) is 14.6. The maximum Gasteiger partial charge on any atom is 0.270 e. The lowest BCUT2D eigenvalue weighted by Gasteiger charge is -2.36. The Morgan fingerprint density at radius 3 is 2.81 bits per heavy atom. The predicted molar refractivity (Wildman–Crippen MR) is 79.3 cm³/mol. The van der Waals surface area contributed by atoms with Crippen LogP contribution in [-0.4, -0.2) is 52.9 Å². The predicted octanol–water partition coefficient (Wildman–Crippen LogP) is 1.83. The molecule has 1 saturated carbocycles. The van der Waals surface area contributed by atoms with Gasteiger partial charge in [0.25, 0.3) is 5.91 Å². The molecule has 0 aromatic carbocycles. The van der Waals surface area contributed by atoms with Crippen molar-refractivity contribution in [2.75, 3.05) is 26.8 Å². The van der Waals surface area contributed by atoms with E-state index in [2.05, 4.69) is 4.57 Å². The molecule has 1 aliphatic carbocycles. The van der Waals surface area contributed by atoms with Crippen molar-refractivity contribution in [2.45, 2.75) is 43.7 Å². The van der Waals surface area contributed by atoms with E-state index < -0.39 is 5.60 Å². The number of carbonyl (C=O) groups excluding carboxylic acids is 1. The van der Waals surface area contributed by atoms with Crippen LogP contribution in [0, 0.1) is 0 Å². The molecule has 0 radical (unpaired) electrons. The SMILES string of the molecule is CN(CC1(O)CCOCC1)C(=O)c1cccn1C1CCC1. The Bertz CT molecular complexity index is 501. The molecule has 5 nitrogen and oxygen atoms in total. The van der Waals surface area contributed by atoms with Gasteiger partial charge in [-0.15, -0.1) is 0 Å². The molecule has 2 aliphatic rings. The molecule has 1 N–H and O–H groups in total. The number of aromatic nitrogens is 1. The van der Waals surface area contributed by atoms with E-state index in [1.54, 1.807) is 11.9 Å². The molecule has 116 valence electrons. The first-order chi connectivity index (χ1) is 10.1. The van der Waals surface area contributed by atoms with Crippen molar-refractivity contribution in [1.29, 1.82) is 0 Å². The Hall–Kier alpha value is -1.33. The van der Waals surface area contributed by atoms with Crippen molar-refractivity contribution >= 4 is 5.91 Å². The third-order valence-corrected chi connectivity index (χ3v) is 4.77. The molecule has 0 bridgehead atoms. The van der Waals surface area contributed by atoms with Crippen molar-refractivity contribution in [1.82, 2.24) is 9.47 Å². The number of rotatable bonds is 4. The molecule has 1 aromatic heterocycles. The van der Waals surface area contributed by atoms with E-state index in [0.29, 0.717) is 38.6 Å². The smallest absolute Gasteiger partial charge is 0.270 e. The van der Waals surface area contributed by atoms with Gasteiger partial charge in [0.2, 0.25) is 0 Å². The number of hydrogen-bond acceptors (Lipinski definition) is 3. The molecule has 1 aromatic rings. The van der Waals surface area contributed by atoms with Crippen LogP contribution in [0.3, 0.4) is 0 Å². The number of hydrogen-bond donors (Lipinski definition) is 1. The fourth-order valence-electron chi connectivity index (χ4n) is 3.18. The van der Waals surface area contributed by atoms with E-state index in [1.807, 2.05) is 18.3 Å². The zero-order valence-electron chi connectivity index (χ0n) is 12.6. The van der Waals surface area contributed by atoms with Crippen LogP contribution in [0.25, 0.3) is 0 Å². The minimum atomic E-state index is -0.809. The third kappa shape index (κ3) is 2.99. The summed E-state index contributed by atoms with van der Waals surface area (Å²) in [5.74, 6) is -0.00758. The summed E-state index contributed by atoms with van der Waals surface area (Å²) in [4.78, 5) is 14.3. The van der Waals surface area contributed by atoms with Gasteiger partial charge in [-0.1, -0.05) is 0 Å². The number of aliphatic hydroxyl groups is 1. The molecule has 0 atom stereocenters. The standard InChI is InChI=1S/C16H24N2O3/c1-17(12-16(20)7-10-21-11-8-16)15(19)14-6-3-9-18(14)13-4-2-5-13/h3,6,9,13,20H,2,4-5,7-8,10-12H2,1H3. The van der Waals surface area contributed by atoms with Crippen LogP contribution in [0.5, 0.6) is 0 Å². The number of likely N-dealkylation sites (N-methyl/N-ethyl adjacent to an activating group) is 1. The quantitative estimate of drug-likeness (QED) is 0.921. The van der Waals surface area contributed by atoms with Crippen molar-refractivity contribution < 1.29 is 14.6 Å². The summed E-state index contributed by atoms with van der Waals surface area (Å²) >= 11 is 0. The summed E-state index contributed by atoms with van der Waals surface area (Å²) < 4.78 is 7.38. The lowest BCUT2D eigenvalue weighted by Crippen LogP contribution is -2.47. The summed E-state index contributed by atoms with van der Waals surface area (Å²) in [6.07, 6.45) is 6.72. The molecule has 5 heteroatoms. The highest BCUT2D eigenvalue weighted by molar-refractivity contribution is 5.92. The molecule has 1 aliphatic heterocycles. The molecule has 2 fully saturated rings. The van der Waals surface area contributed by atoms with Gasteiger partial charge in [-0.25, -0.2) is 0 Å². The summed E-state index contributed by atoms with van der Waals surface area (Å²) in [7, 11) is 1.77. The van der Waals surface area contributed by atoms with Gasteiger partial charge in [-0.2, -0.15) is 0 Å². The highest BCUT2D eigenvalue weighted by Gasteiger charge is 2.33. The molecule has 21 heavy (non-hydrogen) atoms. The zero-order valence-corrected chi connectivity index (χ0v) is 12.6. The molecular formula is C16H24N2O3. The van der Waals surface area contributed by atoms with Gasteiger partial charge in [-0.3, -0.25) is 4.79 Å². The highest BCUT2D eigenvalue weighted by atomic mass is 16.5. The van der Waals surface area contributed by atoms with E-state index in [0.717, 1.165) is 18.5 Å². The fraction of sp³-hybridized carbons (Fsp3) is 0.688. The maximum atomic E-state index is 12.6. The van der Waals surface area contributed by atoms with Gasteiger partial charge in [0.05, 0.1) is 5.60 Å². The monoisotopic (exact) mass is 292 g/mol. The molecule has 3 rings (SSSR count). The summed E-state index contributed by atoms with van der Waals surface area (Å²) in [5.41, 5.74) is -0.0748. The number of amides is 1. The second-order valence-corrected chi connectivity index (χ2v) is 6.38. The lowest BCUT2D eigenvalue weighted by molar-refractivity contribution is -0.0735. The van der Waals surface area contributed by atoms with E-state index in [9.17, 15) is 9.90 Å². The van der Waals surface area contributed by atoms with Crippen molar-refractivity contribution in [3.05, 3.63) is 24.0 Å². The minimum absolute atomic E-state index is 0.00758. The van der Waals surface area contributed by atoms with Crippen LogP contribution >= 0.6 is 0 Å². The molecule has 0 unspecified atom stereocenters. The van der Waals surface area contributed by atoms with Crippen LogP contribution in [0.2, 0.25) is 0 Å². The van der Waals surface area contributed by atoms with E-state index in [4.69, 9.17) is 4.74 Å². The Balaban J connectivity index is 1.68. The van der Waals surface area contributed by atoms with Crippen LogP contribution in [0.15, 0.2) is 18.3 Å². The van der Waals surface area contributed by atoms with Crippen LogP contribution in [0.1, 0.15) is 48.6 Å². The number of nitrogens with zero attached hydrogens (tertiary/aromatic N) is 2. The Kier molecular flexibility index (Phi) is 4.04. The molecule has 1 saturated heterocycles. The number of carbonyl (C=O) groups is 1. The summed E-state index contributed by atoms with van der Waals surface area (Å²) in [6.45, 7) is 1.50. The molecular weight excluding hydrogens is 268 g/mol. The van der Waals surface area contributed by atoms with E-state index >= 15 is 0 Å². The second-order valence-electron chi connectivity index (χ2n) is 6.38. The van der Waals surface area contributed by atoms with Gasteiger partial charge in [0.1, 0.15) is 5.69 Å². The summed E-state index contributed by atoms with van der Waals surface area (Å²) in [5, 5.41) is 10.5. The van der Waals surface area contributed by atoms with Gasteiger partial charge >= 0.3 is 0 Å². The Labute approximate surface area is 125 Å². The van der Waals surface area contributed by atoms with Crippen LogP contribution in [-0.2, 0) is 4.74 Å². The van der Waals surface area contributed by atoms with Crippen molar-refractivity contribution in [2.24, 2.45) is 0 Å². The maximum absolute atomic E-state index is 12.6. The van der Waals surface area contributed by atoms with Crippen LogP contribution in [0.4, 0.5) is 0 Å². The van der Waals surface area contributed by atoms with Gasteiger partial charge in [0, 0.05) is 51.9 Å². The minimum Gasteiger partial charge on any atom is -0.388 e. The second kappa shape index (κ2) is 5.81. The fourth-order valence-corrected chi connectivity index (χ4v) is 3.18. The van der Waals surface area contributed by atoms with E-state index in [-0.39, 0.29) is 5.91 Å². The lowest BCUT2D eigenvalue weighted by atomic mass is 9.92. The third-order valence-electron chi connectivity index (χ3n) is 4.77. The average molecular weight is 292 g/mol. The normalized spacial score (nSPS) is 21.8. The number of ether oxygens (including phenoxy) is 1. The molecule has 2 heterocycles. The van der Waals surface area contributed by atoms with Crippen LogP contribution < -0.4 is 0 Å². The summed E-state index contributed by atoms with van der Waals surface area (Å²) in [6, 6.07) is 4.28. The Morgan fingerprint density at radius 1 is 1.48 bits per heavy atom. The first-order valence-corrected chi connectivity index (χ1v) is 7.81. The topological polar surface area (TPSA) is 54.7 Å². The molecule has 1 amide bonds. The highest BCUT2D eigenvalue weighted by Crippen LogP contribution is 2.33. The van der Waals surface area contributed by atoms with Gasteiger partial charge in [-0.05, 0) is 31.4 Å². The zero-order chi connectivity index (χ0) is 14.9. The average Bonchev–Trinajstić information content (AvgIpc) is 2.85. The molecule has 0 spiro atoms. The van der Waals surface area contributed by atoms with Gasteiger partial charge < -0.3 is 19.3 Å².